The average molecular weight is 735 g/mol. The maximum atomic E-state index is 12.6. The van der Waals surface area contributed by atoms with Gasteiger partial charge < -0.3 is 14.2 Å². The monoisotopic (exact) mass is 735 g/mol. The van der Waals surface area contributed by atoms with E-state index in [1.165, 1.54) is 25.7 Å². The van der Waals surface area contributed by atoms with Gasteiger partial charge in [-0.1, -0.05) is 163 Å². The normalized spacial score (nSPS) is 13.0. The fraction of sp³-hybridized carbons (Fsp3) is 0.596. The van der Waals surface area contributed by atoms with Crippen molar-refractivity contribution >= 4 is 17.9 Å². The lowest BCUT2D eigenvalue weighted by molar-refractivity contribution is -0.166. The van der Waals surface area contributed by atoms with Gasteiger partial charge in [0.05, 0.1) is 6.42 Å². The zero-order valence-corrected chi connectivity index (χ0v) is 33.7. The first-order valence-corrected chi connectivity index (χ1v) is 20.7. The molecule has 0 heterocycles. The van der Waals surface area contributed by atoms with E-state index in [9.17, 15) is 14.4 Å². The highest BCUT2D eigenvalue weighted by Crippen LogP contribution is 2.11. The van der Waals surface area contributed by atoms with Crippen molar-refractivity contribution < 1.29 is 28.6 Å². The molecule has 0 aliphatic carbocycles. The molecule has 0 fully saturated rings. The lowest BCUT2D eigenvalue weighted by atomic mass is 10.1. The summed E-state index contributed by atoms with van der Waals surface area (Å²) in [6.07, 6.45) is 52.8. The summed E-state index contributed by atoms with van der Waals surface area (Å²) in [6, 6.07) is 0. The largest absolute Gasteiger partial charge is 0.462 e. The van der Waals surface area contributed by atoms with Crippen molar-refractivity contribution in [3.63, 3.8) is 0 Å². The Morgan fingerprint density at radius 3 is 1.32 bits per heavy atom. The fourth-order valence-electron chi connectivity index (χ4n) is 5.06. The van der Waals surface area contributed by atoms with Crippen LogP contribution >= 0.6 is 0 Å². The van der Waals surface area contributed by atoms with Crippen molar-refractivity contribution in [3.8, 4) is 0 Å². The number of carbonyl (C=O) groups is 3. The first-order valence-electron chi connectivity index (χ1n) is 20.7. The number of hydrogen-bond acceptors (Lipinski definition) is 6. The summed E-state index contributed by atoms with van der Waals surface area (Å²) in [5, 5.41) is 0. The number of unbranched alkanes of at least 4 members (excludes halogenated alkanes) is 9. The van der Waals surface area contributed by atoms with Gasteiger partial charge in [0.15, 0.2) is 6.10 Å². The molecule has 0 N–H and O–H groups in total. The summed E-state index contributed by atoms with van der Waals surface area (Å²) in [6.45, 7) is 6.20. The fourth-order valence-corrected chi connectivity index (χ4v) is 5.06. The van der Waals surface area contributed by atoms with E-state index in [2.05, 4.69) is 106 Å². The summed E-state index contributed by atoms with van der Waals surface area (Å²) >= 11 is 0. The molecule has 0 rings (SSSR count). The van der Waals surface area contributed by atoms with Gasteiger partial charge in [0.2, 0.25) is 0 Å². The second kappa shape index (κ2) is 41.1. The average Bonchev–Trinajstić information content (AvgIpc) is 3.15. The highest BCUT2D eigenvalue weighted by Gasteiger charge is 2.19. The van der Waals surface area contributed by atoms with Gasteiger partial charge in [-0.15, -0.1) is 0 Å². The molecular formula is C47H74O6. The van der Waals surface area contributed by atoms with Gasteiger partial charge in [0, 0.05) is 12.8 Å². The minimum Gasteiger partial charge on any atom is -0.462 e. The molecule has 1 unspecified atom stereocenters. The van der Waals surface area contributed by atoms with Crippen molar-refractivity contribution in [3.05, 3.63) is 97.2 Å². The third-order valence-electron chi connectivity index (χ3n) is 8.12. The van der Waals surface area contributed by atoms with E-state index in [4.69, 9.17) is 14.2 Å². The van der Waals surface area contributed by atoms with Crippen LogP contribution in [-0.2, 0) is 28.6 Å². The summed E-state index contributed by atoms with van der Waals surface area (Å²) in [7, 11) is 0. The Hall–Kier alpha value is -3.67. The lowest BCUT2D eigenvalue weighted by Crippen LogP contribution is -2.30. The van der Waals surface area contributed by atoms with Gasteiger partial charge in [0.25, 0.3) is 0 Å². The molecule has 0 amide bonds. The van der Waals surface area contributed by atoms with Crippen LogP contribution in [-0.4, -0.2) is 37.2 Å². The van der Waals surface area contributed by atoms with E-state index in [-0.39, 0.29) is 38.0 Å². The summed E-state index contributed by atoms with van der Waals surface area (Å²) < 4.78 is 16.5. The Balaban J connectivity index is 4.55. The van der Waals surface area contributed by atoms with Gasteiger partial charge in [-0.05, 0) is 77.0 Å². The zero-order chi connectivity index (χ0) is 38.7. The number of hydrogen-bond donors (Lipinski definition) is 0. The van der Waals surface area contributed by atoms with E-state index in [0.717, 1.165) is 89.9 Å². The van der Waals surface area contributed by atoms with Crippen LogP contribution in [0.5, 0.6) is 0 Å². The number of ether oxygens (including phenoxy) is 3. The topological polar surface area (TPSA) is 78.9 Å². The van der Waals surface area contributed by atoms with Gasteiger partial charge in [-0.2, -0.15) is 0 Å². The van der Waals surface area contributed by atoms with Crippen LogP contribution in [0, 0.1) is 0 Å². The first kappa shape index (κ1) is 49.3. The predicted molar refractivity (Wildman–Crippen MR) is 224 cm³/mol. The number of carbonyl (C=O) groups excluding carboxylic acids is 3. The minimum atomic E-state index is -0.828. The third kappa shape index (κ3) is 39.4. The Bertz CT molecular complexity index is 1120. The molecule has 0 aliphatic heterocycles. The van der Waals surface area contributed by atoms with Crippen molar-refractivity contribution in [1.29, 1.82) is 0 Å². The van der Waals surface area contributed by atoms with Crippen LogP contribution in [0.15, 0.2) is 97.2 Å². The maximum Gasteiger partial charge on any atom is 0.309 e. The van der Waals surface area contributed by atoms with Crippen LogP contribution in [0.1, 0.15) is 162 Å². The number of esters is 3. The second-order valence-electron chi connectivity index (χ2n) is 13.2. The second-order valence-corrected chi connectivity index (χ2v) is 13.2. The highest BCUT2D eigenvalue weighted by atomic mass is 16.6. The maximum absolute atomic E-state index is 12.6. The Labute approximate surface area is 324 Å². The standard InChI is InChI=1S/C47H74O6/c1-4-7-10-13-16-18-20-22-23-25-26-28-31-34-37-40-46(49)52-43-44(42-51-45(48)39-36-33-30-15-12-9-6-3)53-47(50)41-38-35-32-29-27-24-21-19-17-14-11-8-5-2/h7-8,10-11,16-19,22-24,26-28,34,37,44H,4-6,9,12-15,20-21,25,29-33,35-36,38-43H2,1-3H3/b10-7-,11-8-,18-16-,19-17-,23-22-,27-24-,28-26-,37-34-. The molecule has 0 aromatic heterocycles. The van der Waals surface area contributed by atoms with Gasteiger partial charge in [0.1, 0.15) is 13.2 Å². The molecule has 0 aliphatic rings. The highest BCUT2D eigenvalue weighted by molar-refractivity contribution is 5.72. The smallest absolute Gasteiger partial charge is 0.309 e. The predicted octanol–water partition coefficient (Wildman–Crippen LogP) is 13.1. The molecule has 0 saturated heterocycles. The van der Waals surface area contributed by atoms with Gasteiger partial charge in [-0.3, -0.25) is 14.4 Å². The lowest BCUT2D eigenvalue weighted by Gasteiger charge is -2.18. The summed E-state index contributed by atoms with van der Waals surface area (Å²) in [5.41, 5.74) is 0. The number of allylic oxidation sites excluding steroid dienone is 15. The molecule has 0 spiro atoms. The Morgan fingerprint density at radius 2 is 0.811 bits per heavy atom. The zero-order valence-electron chi connectivity index (χ0n) is 33.7. The van der Waals surface area contributed by atoms with Crippen LogP contribution < -0.4 is 0 Å². The Morgan fingerprint density at radius 1 is 0.415 bits per heavy atom. The van der Waals surface area contributed by atoms with Crippen molar-refractivity contribution in [2.24, 2.45) is 0 Å². The van der Waals surface area contributed by atoms with Crippen molar-refractivity contribution in [1.82, 2.24) is 0 Å². The van der Waals surface area contributed by atoms with Crippen molar-refractivity contribution in [2.75, 3.05) is 13.2 Å². The molecule has 53 heavy (non-hydrogen) atoms. The molecule has 0 aromatic carbocycles. The van der Waals surface area contributed by atoms with Crippen LogP contribution in [0.25, 0.3) is 0 Å². The van der Waals surface area contributed by atoms with Gasteiger partial charge >= 0.3 is 17.9 Å². The van der Waals surface area contributed by atoms with E-state index in [0.29, 0.717) is 12.8 Å². The summed E-state index contributed by atoms with van der Waals surface area (Å²) in [5.74, 6) is -1.11. The Kier molecular flexibility index (Phi) is 38.2. The molecule has 0 bridgehead atoms. The van der Waals surface area contributed by atoms with Crippen LogP contribution in [0.3, 0.4) is 0 Å². The molecular weight excluding hydrogens is 661 g/mol. The molecule has 0 radical (unpaired) electrons. The van der Waals surface area contributed by atoms with E-state index >= 15 is 0 Å². The molecule has 298 valence electrons. The molecule has 6 nitrogen and oxygen atoms in total. The molecule has 1 atom stereocenters. The molecule has 0 aromatic rings. The van der Waals surface area contributed by atoms with E-state index < -0.39 is 12.1 Å². The first-order chi connectivity index (χ1) is 26.0. The van der Waals surface area contributed by atoms with Gasteiger partial charge in [-0.25, -0.2) is 0 Å². The van der Waals surface area contributed by atoms with Crippen LogP contribution in [0.4, 0.5) is 0 Å². The molecule has 6 heteroatoms. The van der Waals surface area contributed by atoms with Crippen LogP contribution in [0.2, 0.25) is 0 Å². The van der Waals surface area contributed by atoms with E-state index in [1.807, 2.05) is 6.08 Å². The quantitative estimate of drug-likeness (QED) is 0.0279. The van der Waals surface area contributed by atoms with E-state index in [1.54, 1.807) is 6.08 Å². The molecule has 0 saturated carbocycles. The SMILES string of the molecule is CC/C=C\C/C=C\C/C=C\C/C=C\C/C=C\CC(=O)OCC(COC(=O)CCCCCCCCC)OC(=O)CCCCC/C=C\C/C=C\C/C=C\CC. The van der Waals surface area contributed by atoms with Crippen molar-refractivity contribution in [2.45, 2.75) is 168 Å². The number of rotatable bonds is 35. The minimum absolute atomic E-state index is 0.118. The third-order valence-corrected chi connectivity index (χ3v) is 8.12. The summed E-state index contributed by atoms with van der Waals surface area (Å²) in [4.78, 5) is 37.4.